The van der Waals surface area contributed by atoms with E-state index in [0.717, 1.165) is 24.8 Å². The Morgan fingerprint density at radius 1 is 0.656 bits per heavy atom. The maximum absolute atomic E-state index is 12.8. The number of rotatable bonds is 10. The molecule has 0 unspecified atom stereocenters. The summed E-state index contributed by atoms with van der Waals surface area (Å²) in [7, 11) is -9.37. The van der Waals surface area contributed by atoms with Crippen molar-refractivity contribution in [2.24, 2.45) is 0 Å². The quantitative estimate of drug-likeness (QED) is 0.146. The average molecular weight is 962 g/mol. The standard InChI is InChI=1S/C20H30ClN5O3SSi.C14H16ClN5O3S.C4H8O.ClH/c1-20(2,3)31(4,5)29-17-7-8-18(22-15-17)24-30(27,28)26-12-10-25(11-13-26)19-9-6-16(21)14-23-19;15-11-1-4-14(17-9-11)19-5-7-20(8-6-19)24(22,23)18-13-3-2-12(21)10-16-13;1-2-4-5-3-1;/h6-9,14-15H,10-13H2,1-5H3,(H,22,24);1-4,9-10,21H,5-8H2,(H,16,18);1-4H2;1H. The molecule has 0 amide bonds. The van der Waals surface area contributed by atoms with Crippen LogP contribution < -0.4 is 23.7 Å². The molecule has 23 heteroatoms. The number of aromatic hydroxyl groups is 1. The summed E-state index contributed by atoms with van der Waals surface area (Å²) in [6.07, 6.45) is 8.47. The van der Waals surface area contributed by atoms with Gasteiger partial charge in [0.25, 0.3) is 8.32 Å². The zero-order valence-corrected chi connectivity index (χ0v) is 39.8. The normalized spacial score (nSPS) is 16.6. The van der Waals surface area contributed by atoms with E-state index in [-0.39, 0.29) is 34.8 Å². The minimum Gasteiger partial charge on any atom is -0.542 e. The van der Waals surface area contributed by atoms with Crippen LogP contribution in [0.2, 0.25) is 28.2 Å². The lowest BCUT2D eigenvalue weighted by Crippen LogP contribution is -2.50. The molecule has 0 aliphatic carbocycles. The second-order valence-corrected chi connectivity index (χ2v) is 24.6. The lowest BCUT2D eigenvalue weighted by molar-refractivity contribution is 0.198. The second-order valence-electron chi connectivity index (χ2n) is 15.6. The molecule has 0 aromatic carbocycles. The van der Waals surface area contributed by atoms with Crippen LogP contribution in [-0.4, -0.2) is 124 Å². The molecule has 61 heavy (non-hydrogen) atoms. The molecule has 3 aliphatic rings. The Morgan fingerprint density at radius 3 is 1.43 bits per heavy atom. The molecule has 7 heterocycles. The van der Waals surface area contributed by atoms with Crippen LogP contribution in [0.3, 0.4) is 0 Å². The molecule has 17 nitrogen and oxygen atoms in total. The summed E-state index contributed by atoms with van der Waals surface area (Å²) in [5, 5.41) is 10.4. The third kappa shape index (κ3) is 15.0. The fraction of sp³-hybridized carbons (Fsp3) is 0.474. The largest absolute Gasteiger partial charge is 0.542 e. The van der Waals surface area contributed by atoms with E-state index < -0.39 is 28.7 Å². The highest BCUT2D eigenvalue weighted by atomic mass is 35.5. The highest BCUT2D eigenvalue weighted by molar-refractivity contribution is 7.90. The van der Waals surface area contributed by atoms with Crippen molar-refractivity contribution in [3.63, 3.8) is 0 Å². The van der Waals surface area contributed by atoms with Gasteiger partial charge in [0.1, 0.15) is 34.8 Å². The molecule has 0 bridgehead atoms. The summed E-state index contributed by atoms with van der Waals surface area (Å²) >= 11 is 11.7. The highest BCUT2D eigenvalue weighted by Gasteiger charge is 2.39. The predicted octanol–water partition coefficient (Wildman–Crippen LogP) is 6.53. The molecule has 3 N–H and O–H groups in total. The maximum atomic E-state index is 12.8. The minimum absolute atomic E-state index is 0. The van der Waals surface area contributed by atoms with Gasteiger partial charge in [-0.2, -0.15) is 25.4 Å². The molecule has 4 aromatic rings. The van der Waals surface area contributed by atoms with E-state index >= 15 is 0 Å². The number of hydrogen-bond acceptors (Lipinski definition) is 13. The summed E-state index contributed by atoms with van der Waals surface area (Å²) in [6.45, 7) is 16.3. The van der Waals surface area contributed by atoms with Crippen LogP contribution >= 0.6 is 35.6 Å². The Morgan fingerprint density at radius 2 is 1.10 bits per heavy atom. The average Bonchev–Trinajstić information content (AvgIpc) is 3.81. The smallest absolute Gasteiger partial charge is 0.302 e. The number of nitrogens with one attached hydrogen (secondary N) is 2. The molecule has 7 rings (SSSR count). The van der Waals surface area contributed by atoms with Crippen molar-refractivity contribution in [1.29, 1.82) is 0 Å². The molecule has 0 radical (unpaired) electrons. The van der Waals surface area contributed by atoms with Crippen molar-refractivity contribution in [3.05, 3.63) is 83.4 Å². The number of halogens is 3. The van der Waals surface area contributed by atoms with Crippen LogP contribution in [0.4, 0.5) is 23.3 Å². The zero-order valence-electron chi connectivity index (χ0n) is 34.9. The molecular formula is C38H55Cl3N10O7S2Si. The summed E-state index contributed by atoms with van der Waals surface area (Å²) in [5.74, 6) is 2.61. The van der Waals surface area contributed by atoms with E-state index in [9.17, 15) is 21.9 Å². The van der Waals surface area contributed by atoms with Gasteiger partial charge in [-0.3, -0.25) is 9.44 Å². The number of hydrogen-bond donors (Lipinski definition) is 3. The third-order valence-electron chi connectivity index (χ3n) is 10.2. The van der Waals surface area contributed by atoms with Gasteiger partial charge in [0.05, 0.1) is 22.4 Å². The van der Waals surface area contributed by atoms with Crippen LogP contribution in [0.15, 0.2) is 73.3 Å². The summed E-state index contributed by atoms with van der Waals surface area (Å²) in [5.41, 5.74) is 0. The van der Waals surface area contributed by atoms with Crippen molar-refractivity contribution in [3.8, 4) is 11.5 Å². The van der Waals surface area contributed by atoms with Crippen LogP contribution in [0.5, 0.6) is 11.5 Å². The number of aromatic nitrogens is 4. The van der Waals surface area contributed by atoms with Gasteiger partial charge in [0, 0.05) is 78.0 Å². The fourth-order valence-corrected chi connectivity index (χ4v) is 9.28. The number of piperazine rings is 2. The maximum Gasteiger partial charge on any atom is 0.302 e. The molecule has 3 fully saturated rings. The van der Waals surface area contributed by atoms with Crippen LogP contribution in [0, 0.1) is 0 Å². The molecule has 0 saturated carbocycles. The zero-order chi connectivity index (χ0) is 43.6. The van der Waals surface area contributed by atoms with Gasteiger partial charge in [0.15, 0.2) is 0 Å². The first-order valence-corrected chi connectivity index (χ1v) is 26.0. The van der Waals surface area contributed by atoms with Crippen molar-refractivity contribution in [2.75, 3.05) is 84.8 Å². The summed E-state index contributed by atoms with van der Waals surface area (Å²) in [4.78, 5) is 20.6. The molecular weight excluding hydrogens is 907 g/mol. The van der Waals surface area contributed by atoms with E-state index in [1.54, 1.807) is 42.9 Å². The fourth-order valence-electron chi connectivity index (χ4n) is 5.72. The van der Waals surface area contributed by atoms with Crippen molar-refractivity contribution >= 4 is 87.6 Å². The molecule has 0 spiro atoms. The van der Waals surface area contributed by atoms with Crippen LogP contribution in [0.25, 0.3) is 0 Å². The van der Waals surface area contributed by atoms with Crippen molar-refractivity contribution < 1.29 is 31.1 Å². The molecule has 3 saturated heterocycles. The van der Waals surface area contributed by atoms with Gasteiger partial charge >= 0.3 is 20.4 Å². The molecule has 3 aliphatic heterocycles. The first kappa shape index (κ1) is 49.9. The Labute approximate surface area is 376 Å². The molecule has 336 valence electrons. The monoisotopic (exact) mass is 960 g/mol. The Balaban J connectivity index is 0.000000242. The Hall–Kier alpha value is -3.73. The third-order valence-corrected chi connectivity index (χ3v) is 18.0. The number of nitrogens with zero attached hydrogens (tertiary/aromatic N) is 8. The SMILES string of the molecule is C1CCOC1.CC(C)(C)[Si](C)(C)Oc1ccc(NS(=O)(=O)N2CCN(c3ccc(Cl)cn3)CC2)nc1.Cl.O=S(=O)(Nc1ccc(O)cn1)N1CCN(c2ccc(Cl)cn2)CC1. The number of ether oxygens (including phenoxy) is 1. The predicted molar refractivity (Wildman–Crippen MR) is 246 cm³/mol. The second kappa shape index (κ2) is 22.1. The van der Waals surface area contributed by atoms with E-state index in [0.29, 0.717) is 68.2 Å². The topological polar surface area (TPSA) is 196 Å². The van der Waals surface area contributed by atoms with Gasteiger partial charge in [-0.15, -0.1) is 12.4 Å². The van der Waals surface area contributed by atoms with Crippen molar-refractivity contribution in [2.45, 2.75) is 51.7 Å². The Kier molecular flexibility index (Phi) is 18.1. The van der Waals surface area contributed by atoms with Gasteiger partial charge in [-0.1, -0.05) is 44.0 Å². The first-order chi connectivity index (χ1) is 28.3. The summed E-state index contributed by atoms with van der Waals surface area (Å²) in [6, 6.07) is 13.3. The Bertz CT molecular complexity index is 2170. The van der Waals surface area contributed by atoms with Gasteiger partial charge < -0.3 is 24.1 Å². The first-order valence-electron chi connectivity index (χ1n) is 19.5. The lowest BCUT2D eigenvalue weighted by atomic mass is 10.2. The van der Waals surface area contributed by atoms with Crippen molar-refractivity contribution in [1.82, 2.24) is 28.5 Å². The minimum atomic E-state index is -3.70. The molecule has 4 aromatic heterocycles. The van der Waals surface area contributed by atoms with Gasteiger partial charge in [-0.25, -0.2) is 19.9 Å². The summed E-state index contributed by atoms with van der Waals surface area (Å²) < 4.78 is 69.2. The highest BCUT2D eigenvalue weighted by Crippen LogP contribution is 2.37. The number of anilines is 4. The van der Waals surface area contributed by atoms with Gasteiger partial charge in [0.2, 0.25) is 0 Å². The van der Waals surface area contributed by atoms with E-state index in [1.165, 1.54) is 39.8 Å². The van der Waals surface area contributed by atoms with E-state index in [4.69, 9.17) is 32.4 Å². The lowest BCUT2D eigenvalue weighted by Gasteiger charge is -2.36. The molecule has 0 atom stereocenters. The van der Waals surface area contributed by atoms with Crippen LogP contribution in [0.1, 0.15) is 33.6 Å². The number of pyridine rings is 4. The van der Waals surface area contributed by atoms with Crippen LogP contribution in [-0.2, 0) is 25.2 Å². The van der Waals surface area contributed by atoms with E-state index in [1.807, 2.05) is 21.9 Å². The van der Waals surface area contributed by atoms with E-state index in [2.05, 4.69) is 63.2 Å². The van der Waals surface area contributed by atoms with Gasteiger partial charge in [-0.05, 0) is 79.5 Å².